The highest BCUT2D eigenvalue weighted by Crippen LogP contribution is 2.27. The molecule has 1 heterocycles. The molecule has 1 aliphatic heterocycles. The lowest BCUT2D eigenvalue weighted by Crippen LogP contribution is -2.38. The van der Waals surface area contributed by atoms with Crippen LogP contribution >= 0.6 is 15.9 Å². The summed E-state index contributed by atoms with van der Waals surface area (Å²) in [4.78, 5) is 2.22. The molecule has 1 fully saturated rings. The molecule has 2 rings (SSSR count). The second-order valence-electron chi connectivity index (χ2n) is 4.95. The minimum atomic E-state index is -0.198. The molecule has 106 valence electrons. The third-order valence-electron chi connectivity index (χ3n) is 3.46. The van der Waals surface area contributed by atoms with Crippen molar-refractivity contribution in [2.75, 3.05) is 26.2 Å². The molecule has 2 atom stereocenters. The normalized spacial score (nSPS) is 23.1. The van der Waals surface area contributed by atoms with Crippen molar-refractivity contribution in [3.05, 3.63) is 34.1 Å². The number of ether oxygens (including phenoxy) is 1. The van der Waals surface area contributed by atoms with Crippen molar-refractivity contribution in [3.63, 3.8) is 0 Å². The van der Waals surface area contributed by atoms with Gasteiger partial charge < -0.3 is 10.5 Å². The van der Waals surface area contributed by atoms with Crippen molar-refractivity contribution in [2.24, 2.45) is 5.73 Å². The molecule has 1 aliphatic rings. The minimum absolute atomic E-state index is 0.0957. The maximum absolute atomic E-state index is 14.0. The van der Waals surface area contributed by atoms with Gasteiger partial charge in [-0.3, -0.25) is 4.90 Å². The van der Waals surface area contributed by atoms with Crippen molar-refractivity contribution < 1.29 is 9.13 Å². The molecule has 0 radical (unpaired) electrons. The lowest BCUT2D eigenvalue weighted by Gasteiger charge is -2.31. The van der Waals surface area contributed by atoms with Gasteiger partial charge in [0.1, 0.15) is 5.82 Å². The van der Waals surface area contributed by atoms with Crippen LogP contribution in [0.1, 0.15) is 24.9 Å². The lowest BCUT2D eigenvalue weighted by atomic mass is 10.0. The summed E-state index contributed by atoms with van der Waals surface area (Å²) >= 11 is 3.39. The van der Waals surface area contributed by atoms with Gasteiger partial charge in [-0.25, -0.2) is 4.39 Å². The molecule has 3 nitrogen and oxygen atoms in total. The number of nitrogens with two attached hydrogens (primary N) is 1. The fourth-order valence-corrected chi connectivity index (χ4v) is 2.93. The van der Waals surface area contributed by atoms with Gasteiger partial charge in [-0.2, -0.15) is 0 Å². The molecule has 1 saturated heterocycles. The Morgan fingerprint density at radius 2 is 2.37 bits per heavy atom. The van der Waals surface area contributed by atoms with Crippen molar-refractivity contribution in [2.45, 2.75) is 25.5 Å². The van der Waals surface area contributed by atoms with Gasteiger partial charge in [0, 0.05) is 36.3 Å². The number of halogens is 2. The first-order valence-electron chi connectivity index (χ1n) is 6.62. The van der Waals surface area contributed by atoms with E-state index >= 15 is 0 Å². The van der Waals surface area contributed by atoms with Crippen molar-refractivity contribution in [1.29, 1.82) is 0 Å². The van der Waals surface area contributed by atoms with E-state index in [1.165, 1.54) is 6.07 Å². The van der Waals surface area contributed by atoms with Crippen molar-refractivity contribution in [3.8, 4) is 0 Å². The van der Waals surface area contributed by atoms with E-state index < -0.39 is 0 Å². The third-order valence-corrected chi connectivity index (χ3v) is 3.96. The summed E-state index contributed by atoms with van der Waals surface area (Å²) < 4.78 is 20.5. The van der Waals surface area contributed by atoms with E-state index in [4.69, 9.17) is 10.5 Å². The van der Waals surface area contributed by atoms with E-state index in [2.05, 4.69) is 20.8 Å². The van der Waals surface area contributed by atoms with Crippen LogP contribution in [0.5, 0.6) is 0 Å². The summed E-state index contributed by atoms with van der Waals surface area (Å²) in [6.07, 6.45) is 1.11. The molecule has 0 aromatic heterocycles. The van der Waals surface area contributed by atoms with Crippen LogP contribution in [0.15, 0.2) is 22.7 Å². The summed E-state index contributed by atoms with van der Waals surface area (Å²) in [6.45, 7) is 4.88. The van der Waals surface area contributed by atoms with E-state index in [0.717, 1.165) is 30.6 Å². The Balaban J connectivity index is 2.25. The minimum Gasteiger partial charge on any atom is -0.377 e. The first kappa shape index (κ1) is 14.9. The van der Waals surface area contributed by atoms with Gasteiger partial charge in [0.05, 0.1) is 12.1 Å². The molecular formula is C14H20BrFN2O. The van der Waals surface area contributed by atoms with Crippen LogP contribution < -0.4 is 5.73 Å². The van der Waals surface area contributed by atoms with Crippen molar-refractivity contribution >= 4 is 15.9 Å². The van der Waals surface area contributed by atoms with Crippen molar-refractivity contribution in [1.82, 2.24) is 4.90 Å². The molecule has 19 heavy (non-hydrogen) atoms. The van der Waals surface area contributed by atoms with Crippen LogP contribution in [-0.4, -0.2) is 37.2 Å². The van der Waals surface area contributed by atoms with Crippen LogP contribution in [0.3, 0.4) is 0 Å². The summed E-state index contributed by atoms with van der Waals surface area (Å²) in [5.74, 6) is -0.198. The fraction of sp³-hybridized carbons (Fsp3) is 0.571. The largest absolute Gasteiger partial charge is 0.377 e. The number of hydrogen-bond acceptors (Lipinski definition) is 3. The SMILES string of the molecule is CC1CN(C(CN)c2cc(Br)ccc2F)CCCO1. The highest BCUT2D eigenvalue weighted by molar-refractivity contribution is 9.10. The molecule has 0 spiro atoms. The Morgan fingerprint density at radius 3 is 3.11 bits per heavy atom. The highest BCUT2D eigenvalue weighted by atomic mass is 79.9. The first-order chi connectivity index (χ1) is 9.11. The Hall–Kier alpha value is -0.490. The maximum Gasteiger partial charge on any atom is 0.128 e. The van der Waals surface area contributed by atoms with E-state index in [-0.39, 0.29) is 18.0 Å². The number of hydrogen-bond donors (Lipinski definition) is 1. The molecule has 5 heteroatoms. The van der Waals surface area contributed by atoms with Gasteiger partial charge in [-0.05, 0) is 31.5 Å². The van der Waals surface area contributed by atoms with Crippen LogP contribution in [0, 0.1) is 5.82 Å². The standard InChI is InChI=1S/C14H20BrFN2O/c1-10-9-18(5-2-6-19-10)14(8-17)12-7-11(15)3-4-13(12)16/h3-4,7,10,14H,2,5-6,8-9,17H2,1H3. The Morgan fingerprint density at radius 1 is 1.58 bits per heavy atom. The number of nitrogens with zero attached hydrogens (tertiary/aromatic N) is 1. The monoisotopic (exact) mass is 330 g/mol. The third kappa shape index (κ3) is 3.75. The van der Waals surface area contributed by atoms with Crippen LogP contribution in [0.2, 0.25) is 0 Å². The Labute approximate surface area is 122 Å². The number of rotatable bonds is 3. The van der Waals surface area contributed by atoms with Crippen LogP contribution in [0.4, 0.5) is 4.39 Å². The zero-order valence-corrected chi connectivity index (χ0v) is 12.7. The Bertz CT molecular complexity index is 430. The molecule has 0 amide bonds. The van der Waals surface area contributed by atoms with Crippen LogP contribution in [-0.2, 0) is 4.74 Å². The average molecular weight is 331 g/mol. The topological polar surface area (TPSA) is 38.5 Å². The predicted octanol–water partition coefficient (Wildman–Crippen LogP) is 2.70. The molecule has 2 unspecified atom stereocenters. The maximum atomic E-state index is 14.0. The Kier molecular flexibility index (Phi) is 5.33. The average Bonchev–Trinajstić information content (AvgIpc) is 2.59. The summed E-state index contributed by atoms with van der Waals surface area (Å²) in [5.41, 5.74) is 6.54. The zero-order chi connectivity index (χ0) is 13.8. The molecule has 1 aromatic rings. The second kappa shape index (κ2) is 6.79. The van der Waals surface area contributed by atoms with E-state index in [0.29, 0.717) is 12.1 Å². The van der Waals surface area contributed by atoms with E-state index in [9.17, 15) is 4.39 Å². The molecule has 1 aromatic carbocycles. The van der Waals surface area contributed by atoms with Gasteiger partial charge in [0.2, 0.25) is 0 Å². The number of benzene rings is 1. The molecular weight excluding hydrogens is 311 g/mol. The summed E-state index contributed by atoms with van der Waals surface area (Å²) in [5, 5.41) is 0. The van der Waals surface area contributed by atoms with Gasteiger partial charge in [0.15, 0.2) is 0 Å². The van der Waals surface area contributed by atoms with Gasteiger partial charge in [-0.1, -0.05) is 15.9 Å². The van der Waals surface area contributed by atoms with Crippen LogP contribution in [0.25, 0.3) is 0 Å². The quantitative estimate of drug-likeness (QED) is 0.926. The molecule has 0 saturated carbocycles. The summed E-state index contributed by atoms with van der Waals surface area (Å²) in [7, 11) is 0. The fourth-order valence-electron chi connectivity index (χ4n) is 2.55. The molecule has 0 aliphatic carbocycles. The van der Waals surface area contributed by atoms with Gasteiger partial charge >= 0.3 is 0 Å². The van der Waals surface area contributed by atoms with E-state index in [1.54, 1.807) is 6.07 Å². The lowest BCUT2D eigenvalue weighted by molar-refractivity contribution is 0.0608. The summed E-state index contributed by atoms with van der Waals surface area (Å²) in [6, 6.07) is 4.92. The predicted molar refractivity (Wildman–Crippen MR) is 77.5 cm³/mol. The molecule has 2 N–H and O–H groups in total. The smallest absolute Gasteiger partial charge is 0.128 e. The van der Waals surface area contributed by atoms with Gasteiger partial charge in [0.25, 0.3) is 0 Å². The zero-order valence-electron chi connectivity index (χ0n) is 11.1. The van der Waals surface area contributed by atoms with Gasteiger partial charge in [-0.15, -0.1) is 0 Å². The second-order valence-corrected chi connectivity index (χ2v) is 5.86. The van der Waals surface area contributed by atoms with E-state index in [1.807, 2.05) is 13.0 Å². The highest BCUT2D eigenvalue weighted by Gasteiger charge is 2.25. The first-order valence-corrected chi connectivity index (χ1v) is 7.41. The molecule has 0 bridgehead atoms.